The molecule has 15 heteroatoms. The number of aliphatic hydroxyl groups is 1. The van der Waals surface area contributed by atoms with E-state index >= 15 is 0 Å². The molecular weight excluding hydrogens is 853 g/mol. The van der Waals surface area contributed by atoms with Gasteiger partial charge in [-0.2, -0.15) is 0 Å². The smallest absolute Gasteiger partial charge is 0.328 e. The first-order chi connectivity index (χ1) is 30.2. The van der Waals surface area contributed by atoms with Crippen LogP contribution in [0.15, 0.2) is 121 Å². The highest BCUT2D eigenvalue weighted by atomic mass is 28.4. The number of hydrogen-bond acceptors (Lipinski definition) is 9. The molecule has 64 heavy (non-hydrogen) atoms. The van der Waals surface area contributed by atoms with E-state index in [2.05, 4.69) is 85.1 Å². The highest BCUT2D eigenvalue weighted by Crippen LogP contribution is 2.51. The molecule has 0 amide bonds. The van der Waals surface area contributed by atoms with Crippen LogP contribution in [-0.2, 0) is 37.6 Å². The van der Waals surface area contributed by atoms with Crippen molar-refractivity contribution >= 4 is 52.5 Å². The molecule has 9 rings (SSSR count). The fourth-order valence-electron chi connectivity index (χ4n) is 9.07. The number of rotatable bonds is 8. The van der Waals surface area contributed by atoms with Crippen molar-refractivity contribution in [3.05, 3.63) is 121 Å². The molecule has 0 aromatic rings. The van der Waals surface area contributed by atoms with E-state index in [9.17, 15) is 28.8 Å². The molecule has 0 radical (unpaired) electrons. The van der Waals surface area contributed by atoms with Crippen molar-refractivity contribution in [1.82, 2.24) is 0 Å². The summed E-state index contributed by atoms with van der Waals surface area (Å²) in [6, 6.07) is 0. The summed E-state index contributed by atoms with van der Waals surface area (Å²) in [5, 5.41) is 40.3. The summed E-state index contributed by atoms with van der Waals surface area (Å²) in [7, 11) is -2.89. The van der Waals surface area contributed by atoms with Gasteiger partial charge in [0.2, 0.25) is 16.6 Å². The minimum absolute atomic E-state index is 0.0661. The van der Waals surface area contributed by atoms with Gasteiger partial charge in [0.25, 0.3) is 11.9 Å². The summed E-state index contributed by atoms with van der Waals surface area (Å²) in [5.74, 6) is -5.27. The van der Waals surface area contributed by atoms with Crippen LogP contribution in [0.4, 0.5) is 0 Å². The number of fused-ring (bicyclic) bond motifs is 9. The summed E-state index contributed by atoms with van der Waals surface area (Å²) in [5.41, 5.74) is 3.29. The van der Waals surface area contributed by atoms with Crippen molar-refractivity contribution in [2.45, 2.75) is 77.8 Å². The van der Waals surface area contributed by atoms with Gasteiger partial charge in [-0.15, -0.1) is 0 Å². The Morgan fingerprint density at radius 3 is 1.05 bits per heavy atom. The zero-order valence-electron chi connectivity index (χ0n) is 37.9. The fourth-order valence-corrected chi connectivity index (χ4v) is 10.5. The number of carbonyl (C=O) groups excluding carboxylic acids is 2. The number of carbonyl (C=O) groups is 6. The third kappa shape index (κ3) is 16.0. The molecule has 348 valence electrons. The average Bonchev–Trinajstić information content (AvgIpc) is 4.08. The third-order valence-electron chi connectivity index (χ3n) is 11.4. The lowest BCUT2D eigenvalue weighted by Gasteiger charge is -2.30. The standard InChI is InChI=1S/C15H26O4Si2.C10H10.C9H10O4.2C5H6.C4H4O4.CH4O/c1-20(2,3)18-14(16)12-10-7-8-11(9-10)13(12)15(17)19-21(4,5)6;1-2-9-7-4-5-8(6-7)10(9)3-1;10-8(11)6-4-1-2-5(3-4)7(6)9(12)13;2*1-2-4-5-3-1;5-3(6)1-2-4(7)8;1-2/h7-8,10-13H,9H2,1-6H3;2-5,7-8H,1,6H2;1-2,4-7H,3H2,(H,10,11)(H,12,13);2*1-4H,5H2;1-2H,(H,5,6)(H,7,8);2H,1H3/b;;;;;2-1+;. The van der Waals surface area contributed by atoms with Crippen LogP contribution in [-0.4, -0.2) is 85.1 Å². The van der Waals surface area contributed by atoms with Crippen molar-refractivity contribution in [2.24, 2.45) is 59.2 Å². The van der Waals surface area contributed by atoms with Gasteiger partial charge < -0.3 is 34.4 Å². The van der Waals surface area contributed by atoms with E-state index in [4.69, 9.17) is 34.4 Å². The van der Waals surface area contributed by atoms with E-state index in [-0.39, 0.29) is 47.4 Å². The Balaban J connectivity index is 0.000000218. The van der Waals surface area contributed by atoms with Crippen LogP contribution in [0.25, 0.3) is 0 Å². The van der Waals surface area contributed by atoms with Crippen molar-refractivity contribution < 1.29 is 63.2 Å². The van der Waals surface area contributed by atoms with Crippen LogP contribution in [0.1, 0.15) is 38.5 Å². The number of allylic oxidation sites excluding steroid dienone is 18. The van der Waals surface area contributed by atoms with Gasteiger partial charge in [0.05, 0.1) is 23.7 Å². The van der Waals surface area contributed by atoms with Crippen molar-refractivity contribution in [2.75, 3.05) is 7.11 Å². The van der Waals surface area contributed by atoms with Crippen molar-refractivity contribution in [3.63, 3.8) is 0 Å². The molecule has 10 atom stereocenters. The Morgan fingerprint density at radius 2 is 0.797 bits per heavy atom. The van der Waals surface area contributed by atoms with Crippen molar-refractivity contribution in [3.8, 4) is 0 Å². The minimum Gasteiger partial charge on any atom is -0.520 e. The van der Waals surface area contributed by atoms with E-state index in [0.29, 0.717) is 18.6 Å². The lowest BCUT2D eigenvalue weighted by molar-refractivity contribution is -0.154. The first kappa shape index (κ1) is 53.0. The van der Waals surface area contributed by atoms with Crippen molar-refractivity contribution in [1.29, 1.82) is 0 Å². The molecule has 0 heterocycles. The maximum Gasteiger partial charge on any atom is 0.328 e. The topological polar surface area (TPSA) is 222 Å². The predicted molar refractivity (Wildman–Crippen MR) is 249 cm³/mol. The molecule has 0 saturated heterocycles. The van der Waals surface area contributed by atoms with E-state index in [1.807, 2.05) is 51.4 Å². The molecule has 0 aromatic heterocycles. The number of aliphatic hydroxyl groups excluding tert-OH is 1. The third-order valence-corrected chi connectivity index (χ3v) is 13.0. The summed E-state index contributed by atoms with van der Waals surface area (Å²) < 4.78 is 11.3. The van der Waals surface area contributed by atoms with E-state index < -0.39 is 52.3 Å². The molecule has 10 unspecified atom stereocenters. The van der Waals surface area contributed by atoms with Gasteiger partial charge in [-0.3, -0.25) is 19.2 Å². The lowest BCUT2D eigenvalue weighted by atomic mass is 9.83. The first-order valence-electron chi connectivity index (χ1n) is 21.8. The highest BCUT2D eigenvalue weighted by Gasteiger charge is 2.54. The Kier molecular flexibility index (Phi) is 20.4. The van der Waals surface area contributed by atoms with Crippen LogP contribution >= 0.6 is 0 Å². The van der Waals surface area contributed by atoms with Gasteiger partial charge in [0.15, 0.2) is 0 Å². The number of aliphatic carboxylic acids is 4. The molecule has 9 aliphatic rings. The summed E-state index contributed by atoms with van der Waals surface area (Å²) in [4.78, 5) is 65.8. The second-order valence-electron chi connectivity index (χ2n) is 18.3. The van der Waals surface area contributed by atoms with Crippen LogP contribution < -0.4 is 0 Å². The molecule has 0 spiro atoms. The zero-order chi connectivity index (χ0) is 47.8. The second-order valence-corrected chi connectivity index (χ2v) is 27.2. The molecule has 3 saturated carbocycles. The summed E-state index contributed by atoms with van der Waals surface area (Å²) >= 11 is 0. The van der Waals surface area contributed by atoms with E-state index in [0.717, 1.165) is 38.2 Å². The van der Waals surface area contributed by atoms with Gasteiger partial charge in [0, 0.05) is 31.1 Å². The normalized spacial score (nSPS) is 28.9. The first-order valence-corrected chi connectivity index (χ1v) is 28.6. The predicted octanol–water partition coefficient (Wildman–Crippen LogP) is 8.55. The summed E-state index contributed by atoms with van der Waals surface area (Å²) in [6.45, 7) is 11.9. The number of carboxylic acid groups (broad SMARTS) is 4. The maximum atomic E-state index is 12.5. The number of carboxylic acids is 4. The molecule has 5 N–H and O–H groups in total. The fraction of sp³-hybridized carbons (Fsp3) is 0.469. The molecule has 0 aromatic carbocycles. The molecular formula is C49H66O13Si2. The van der Waals surface area contributed by atoms with Gasteiger partial charge in [-0.25, -0.2) is 9.59 Å². The van der Waals surface area contributed by atoms with Gasteiger partial charge >= 0.3 is 23.9 Å². The van der Waals surface area contributed by atoms with Crippen LogP contribution in [0.3, 0.4) is 0 Å². The zero-order valence-corrected chi connectivity index (χ0v) is 39.9. The Bertz CT molecular complexity index is 1850. The monoisotopic (exact) mass is 918 g/mol. The van der Waals surface area contributed by atoms with E-state index in [1.54, 1.807) is 11.1 Å². The Morgan fingerprint density at radius 1 is 0.484 bits per heavy atom. The quantitative estimate of drug-likeness (QED) is 0.0876. The number of hydrogen-bond donors (Lipinski definition) is 5. The Labute approximate surface area is 379 Å². The van der Waals surface area contributed by atoms with Gasteiger partial charge in [0.1, 0.15) is 0 Å². The minimum atomic E-state index is -1.94. The largest absolute Gasteiger partial charge is 0.520 e. The second kappa shape index (κ2) is 24.6. The van der Waals surface area contributed by atoms with Crippen LogP contribution in [0.2, 0.25) is 39.3 Å². The van der Waals surface area contributed by atoms with Gasteiger partial charge in [-0.1, -0.05) is 97.2 Å². The average molecular weight is 919 g/mol. The SMILES string of the molecule is C1=CC2CC1C1=CCC=C12.C1=CCC=C1.C1=CCC=C1.CO.C[Si](C)(C)OC(=O)C1C2C=CC(C2)C1C(=O)O[Si](C)(C)C.O=C(O)/C=C/C(=O)O.O=C(O)C1C2C=CC(C2)C1C(=O)O. The molecule has 9 aliphatic carbocycles. The summed E-state index contributed by atoms with van der Waals surface area (Å²) in [6.07, 6.45) is 41.6. The van der Waals surface area contributed by atoms with Crippen LogP contribution in [0.5, 0.6) is 0 Å². The Hall–Kier alpha value is -5.39. The lowest BCUT2D eigenvalue weighted by Crippen LogP contribution is -2.42. The maximum absolute atomic E-state index is 12.5. The molecule has 0 aliphatic heterocycles. The highest BCUT2D eigenvalue weighted by molar-refractivity contribution is 6.71. The van der Waals surface area contributed by atoms with E-state index in [1.165, 1.54) is 12.8 Å². The molecule has 6 bridgehead atoms. The molecule has 3 fully saturated rings. The van der Waals surface area contributed by atoms with Gasteiger partial charge in [-0.05, 0) is 113 Å². The van der Waals surface area contributed by atoms with Crippen LogP contribution in [0, 0.1) is 59.2 Å². The molecule has 13 nitrogen and oxygen atoms in total.